The molecular weight excluding hydrogens is 506 g/mol. The van der Waals surface area contributed by atoms with Gasteiger partial charge >= 0.3 is 0 Å². The van der Waals surface area contributed by atoms with Gasteiger partial charge in [0.15, 0.2) is 22.5 Å². The van der Waals surface area contributed by atoms with Crippen LogP contribution in [-0.4, -0.2) is 51.8 Å². The molecule has 0 bridgehead atoms. The minimum atomic E-state index is -3.42. The number of aliphatic imine (C=N–C) groups is 1. The maximum absolute atomic E-state index is 14.4. The zero-order valence-electron chi connectivity index (χ0n) is 19.6. The van der Waals surface area contributed by atoms with Crippen molar-refractivity contribution in [2.24, 2.45) is 12.0 Å². The van der Waals surface area contributed by atoms with E-state index in [0.29, 0.717) is 47.9 Å². The first-order valence-electron chi connectivity index (χ1n) is 11.6. The van der Waals surface area contributed by atoms with E-state index in [9.17, 15) is 17.2 Å². The Bertz CT molecular complexity index is 1510. The predicted octanol–water partition coefficient (Wildman–Crippen LogP) is 3.40. The molecule has 1 aliphatic carbocycles. The monoisotopic (exact) mass is 530 g/mol. The van der Waals surface area contributed by atoms with Gasteiger partial charge in [0.25, 0.3) is 0 Å². The van der Waals surface area contributed by atoms with Crippen LogP contribution in [0.1, 0.15) is 42.5 Å². The van der Waals surface area contributed by atoms with E-state index in [4.69, 9.17) is 4.99 Å². The van der Waals surface area contributed by atoms with Gasteiger partial charge in [-0.25, -0.2) is 31.9 Å². The molecule has 8 nitrogen and oxygen atoms in total. The molecular formula is C24H24F2N6O2S2. The summed E-state index contributed by atoms with van der Waals surface area (Å²) in [5, 5.41) is 6.79. The predicted molar refractivity (Wildman–Crippen MR) is 133 cm³/mol. The van der Waals surface area contributed by atoms with Crippen LogP contribution in [-0.2, 0) is 22.6 Å². The lowest BCUT2D eigenvalue weighted by Gasteiger charge is -2.38. The van der Waals surface area contributed by atoms with Crippen LogP contribution in [0, 0.1) is 11.6 Å². The van der Waals surface area contributed by atoms with Crippen LogP contribution in [0.5, 0.6) is 0 Å². The molecule has 0 radical (unpaired) electrons. The van der Waals surface area contributed by atoms with Crippen LogP contribution in [0.15, 0.2) is 52.7 Å². The fourth-order valence-corrected chi connectivity index (χ4v) is 7.24. The molecule has 2 atom stereocenters. The summed E-state index contributed by atoms with van der Waals surface area (Å²) in [5.74, 6) is -1.33. The Kier molecular flexibility index (Phi) is 5.39. The zero-order valence-corrected chi connectivity index (χ0v) is 21.3. The summed E-state index contributed by atoms with van der Waals surface area (Å²) in [6.45, 7) is 2.23. The Morgan fingerprint density at radius 2 is 2.00 bits per heavy atom. The summed E-state index contributed by atoms with van der Waals surface area (Å²) in [6.07, 6.45) is 5.24. The number of nitrogens with one attached hydrogen (secondary N) is 1. The SMILES string of the molecule is Cn1ccc(C2=C3CC(NS(=O)(=O)C4CC4)CN3C(c3nccs3)=NC2(C)c2ccc(F)c(F)c2)n1. The molecule has 1 saturated carbocycles. The van der Waals surface area contributed by atoms with Crippen LogP contribution in [0.2, 0.25) is 0 Å². The third-order valence-corrected chi connectivity index (χ3v) is 9.68. The number of sulfonamides is 1. The second-order valence-corrected chi connectivity index (χ2v) is 12.4. The van der Waals surface area contributed by atoms with Gasteiger partial charge in [0.05, 0.1) is 10.9 Å². The van der Waals surface area contributed by atoms with Gasteiger partial charge in [-0.05, 0) is 43.5 Å². The smallest absolute Gasteiger partial charge is 0.214 e. The van der Waals surface area contributed by atoms with Gasteiger partial charge in [0.1, 0.15) is 5.54 Å². The lowest BCUT2D eigenvalue weighted by Crippen LogP contribution is -2.42. The van der Waals surface area contributed by atoms with E-state index in [2.05, 4.69) is 14.8 Å². The normalized spacial score (nSPS) is 24.3. The third-order valence-electron chi connectivity index (χ3n) is 6.90. The number of hydrogen-bond donors (Lipinski definition) is 1. The van der Waals surface area contributed by atoms with Gasteiger partial charge in [-0.3, -0.25) is 4.68 Å². The summed E-state index contributed by atoms with van der Waals surface area (Å²) in [6, 6.07) is 5.27. The molecule has 2 aliphatic heterocycles. The summed E-state index contributed by atoms with van der Waals surface area (Å²) < 4.78 is 58.4. The van der Waals surface area contributed by atoms with Gasteiger partial charge in [0, 0.05) is 55.1 Å². The van der Waals surface area contributed by atoms with Crippen molar-refractivity contribution in [1.82, 2.24) is 24.4 Å². The van der Waals surface area contributed by atoms with Crippen molar-refractivity contribution in [2.45, 2.75) is 43.0 Å². The number of rotatable bonds is 6. The van der Waals surface area contributed by atoms with E-state index >= 15 is 0 Å². The number of halogens is 2. The van der Waals surface area contributed by atoms with Crippen molar-refractivity contribution in [1.29, 1.82) is 0 Å². The van der Waals surface area contributed by atoms with E-state index in [1.807, 2.05) is 23.3 Å². The molecule has 188 valence electrons. The lowest BCUT2D eigenvalue weighted by atomic mass is 9.80. The number of benzene rings is 1. The first-order valence-corrected chi connectivity index (χ1v) is 14.1. The molecule has 3 aliphatic rings. The van der Waals surface area contributed by atoms with E-state index in [1.165, 1.54) is 23.5 Å². The summed E-state index contributed by atoms with van der Waals surface area (Å²) in [5.41, 5.74) is 1.54. The second-order valence-electron chi connectivity index (χ2n) is 9.54. The highest BCUT2D eigenvalue weighted by molar-refractivity contribution is 7.90. The topological polar surface area (TPSA) is 92.5 Å². The number of hydrogen-bond acceptors (Lipinski definition) is 7. The number of aryl methyl sites for hydroxylation is 1. The molecule has 1 aromatic carbocycles. The first-order chi connectivity index (χ1) is 17.2. The number of thiazole rings is 1. The summed E-state index contributed by atoms with van der Waals surface area (Å²) >= 11 is 1.41. The van der Waals surface area contributed by atoms with Crippen LogP contribution in [0.3, 0.4) is 0 Å². The highest BCUT2D eigenvalue weighted by Gasteiger charge is 2.47. The molecule has 1 saturated heterocycles. The Labute approximate surface area is 211 Å². The molecule has 6 rings (SSSR count). The standard InChI is InChI=1S/C24H24F2N6O2S2/c1-24(14-3-6-17(25)18(26)11-14)21(19-7-9-31(2)29-19)20-12-15(30-36(33,34)16-4-5-16)13-32(20)22(28-24)23-27-8-10-35-23/h3,6-11,15-16,30H,4-5,12-13H2,1-2H3. The number of fused-ring (bicyclic) bond motifs is 1. The van der Waals surface area contributed by atoms with Crippen molar-refractivity contribution < 1.29 is 17.2 Å². The number of aromatic nitrogens is 3. The van der Waals surface area contributed by atoms with E-state index in [-0.39, 0.29) is 11.3 Å². The molecule has 0 spiro atoms. The quantitative estimate of drug-likeness (QED) is 0.528. The highest BCUT2D eigenvalue weighted by atomic mass is 32.2. The third kappa shape index (κ3) is 3.87. The van der Waals surface area contributed by atoms with Crippen molar-refractivity contribution in [3.8, 4) is 0 Å². The fraction of sp³-hybridized carbons (Fsp3) is 0.375. The maximum atomic E-state index is 14.4. The second kappa shape index (κ2) is 8.29. The number of nitrogens with zero attached hydrogens (tertiary/aromatic N) is 5. The van der Waals surface area contributed by atoms with Crippen LogP contribution in [0.4, 0.5) is 8.78 Å². The average molecular weight is 531 g/mol. The van der Waals surface area contributed by atoms with Crippen molar-refractivity contribution in [2.75, 3.05) is 6.54 Å². The summed E-state index contributed by atoms with van der Waals surface area (Å²) in [7, 11) is -1.62. The van der Waals surface area contributed by atoms with Gasteiger partial charge in [-0.2, -0.15) is 5.10 Å². The molecule has 3 aromatic rings. The molecule has 1 N–H and O–H groups in total. The van der Waals surface area contributed by atoms with Crippen molar-refractivity contribution >= 4 is 32.8 Å². The minimum absolute atomic E-state index is 0.334. The molecule has 12 heteroatoms. The highest BCUT2D eigenvalue weighted by Crippen LogP contribution is 2.48. The molecule has 2 fully saturated rings. The van der Waals surface area contributed by atoms with Crippen LogP contribution in [0.25, 0.3) is 5.57 Å². The maximum Gasteiger partial charge on any atom is 0.214 e. The van der Waals surface area contributed by atoms with Crippen LogP contribution < -0.4 is 4.72 Å². The van der Waals surface area contributed by atoms with Gasteiger partial charge in [-0.15, -0.1) is 11.3 Å². The van der Waals surface area contributed by atoms with Crippen molar-refractivity contribution in [3.63, 3.8) is 0 Å². The Hall–Kier alpha value is -2.96. The zero-order chi connectivity index (χ0) is 25.2. The minimum Gasteiger partial charge on any atom is -0.326 e. The van der Waals surface area contributed by atoms with Gasteiger partial charge < -0.3 is 4.90 Å². The van der Waals surface area contributed by atoms with Gasteiger partial charge in [-0.1, -0.05) is 6.07 Å². The van der Waals surface area contributed by atoms with E-state index in [0.717, 1.165) is 17.3 Å². The largest absolute Gasteiger partial charge is 0.326 e. The summed E-state index contributed by atoms with van der Waals surface area (Å²) in [4.78, 5) is 11.6. The van der Waals surface area contributed by atoms with E-state index < -0.39 is 27.2 Å². The van der Waals surface area contributed by atoms with Crippen molar-refractivity contribution in [3.05, 3.63) is 75.6 Å². The Morgan fingerprint density at radius 3 is 2.64 bits per heavy atom. The molecule has 2 unspecified atom stereocenters. The fourth-order valence-electron chi connectivity index (χ4n) is 5.04. The molecule has 0 amide bonds. The lowest BCUT2D eigenvalue weighted by molar-refractivity contribution is 0.489. The Balaban J connectivity index is 1.55. The number of amidine groups is 1. The Morgan fingerprint density at radius 1 is 1.19 bits per heavy atom. The van der Waals surface area contributed by atoms with Gasteiger partial charge in [0.2, 0.25) is 10.0 Å². The average Bonchev–Trinajstić information content (AvgIpc) is 3.20. The molecule has 2 aromatic heterocycles. The van der Waals surface area contributed by atoms with E-state index in [1.54, 1.807) is 24.1 Å². The molecule has 4 heterocycles. The molecule has 36 heavy (non-hydrogen) atoms. The first kappa shape index (κ1) is 23.4. The van der Waals surface area contributed by atoms with Crippen LogP contribution >= 0.6 is 11.3 Å².